The maximum absolute atomic E-state index is 13.1. The van der Waals surface area contributed by atoms with Crippen LogP contribution >= 0.6 is 0 Å². The molecule has 2 aromatic rings. The summed E-state index contributed by atoms with van der Waals surface area (Å²) in [6.07, 6.45) is 0.837. The van der Waals surface area contributed by atoms with E-state index in [4.69, 9.17) is 5.73 Å². The lowest BCUT2D eigenvalue weighted by Crippen LogP contribution is -2.54. The summed E-state index contributed by atoms with van der Waals surface area (Å²) in [4.78, 5) is 15.0. The predicted octanol–water partition coefficient (Wildman–Crippen LogP) is 2.69. The molecule has 0 bridgehead atoms. The van der Waals surface area contributed by atoms with Crippen molar-refractivity contribution in [2.75, 3.05) is 13.1 Å². The zero-order chi connectivity index (χ0) is 17.5. The summed E-state index contributed by atoms with van der Waals surface area (Å²) in [6, 6.07) is 10.0. The molecule has 1 amide bonds. The standard InChI is InChI=1S/C19H26N4O/c1-13-17(14(2)23(21-13)15-8-6-5-7-9-15)18(24)22-11-10-16(20)19(3,4)12-22/h5-9,16H,10-12,20H2,1-4H3. The lowest BCUT2D eigenvalue weighted by Gasteiger charge is -2.42. The Morgan fingerprint density at radius 3 is 2.54 bits per heavy atom. The van der Waals surface area contributed by atoms with E-state index in [-0.39, 0.29) is 17.4 Å². The summed E-state index contributed by atoms with van der Waals surface area (Å²) < 4.78 is 1.85. The van der Waals surface area contributed by atoms with Gasteiger partial charge in [-0.3, -0.25) is 4.79 Å². The van der Waals surface area contributed by atoms with E-state index in [2.05, 4.69) is 18.9 Å². The number of piperidine rings is 1. The third-order valence-corrected chi connectivity index (χ3v) is 5.11. The molecule has 0 saturated carbocycles. The molecule has 0 radical (unpaired) electrons. The first-order chi connectivity index (χ1) is 11.3. The van der Waals surface area contributed by atoms with Crippen molar-refractivity contribution in [1.82, 2.24) is 14.7 Å². The molecule has 0 aliphatic carbocycles. The molecular weight excluding hydrogens is 300 g/mol. The molecule has 1 aliphatic rings. The minimum atomic E-state index is -0.0643. The van der Waals surface area contributed by atoms with Crippen molar-refractivity contribution in [1.29, 1.82) is 0 Å². The third-order valence-electron chi connectivity index (χ3n) is 5.11. The average molecular weight is 326 g/mol. The molecule has 1 saturated heterocycles. The first-order valence-corrected chi connectivity index (χ1v) is 8.48. The highest BCUT2D eigenvalue weighted by Crippen LogP contribution is 2.29. The fraction of sp³-hybridized carbons (Fsp3) is 0.474. The number of nitrogens with two attached hydrogens (primary N) is 1. The van der Waals surface area contributed by atoms with Crippen LogP contribution in [0.2, 0.25) is 0 Å². The molecule has 128 valence electrons. The Morgan fingerprint density at radius 2 is 1.92 bits per heavy atom. The molecule has 1 aliphatic heterocycles. The largest absolute Gasteiger partial charge is 0.338 e. The number of benzene rings is 1. The Labute approximate surface area is 143 Å². The Balaban J connectivity index is 1.93. The highest BCUT2D eigenvalue weighted by Gasteiger charge is 2.36. The van der Waals surface area contributed by atoms with Crippen molar-refractivity contribution in [2.45, 2.75) is 40.2 Å². The quantitative estimate of drug-likeness (QED) is 0.923. The molecule has 3 rings (SSSR count). The second-order valence-electron chi connectivity index (χ2n) is 7.40. The Kier molecular flexibility index (Phi) is 4.22. The Hall–Kier alpha value is -2.14. The summed E-state index contributed by atoms with van der Waals surface area (Å²) in [5, 5.41) is 4.59. The van der Waals surface area contributed by atoms with Crippen LogP contribution in [-0.4, -0.2) is 39.7 Å². The molecule has 5 nitrogen and oxygen atoms in total. The lowest BCUT2D eigenvalue weighted by molar-refractivity contribution is 0.0531. The van der Waals surface area contributed by atoms with Gasteiger partial charge in [-0.15, -0.1) is 0 Å². The summed E-state index contributed by atoms with van der Waals surface area (Å²) in [6.45, 7) is 9.51. The molecule has 0 spiro atoms. The number of carbonyl (C=O) groups excluding carboxylic acids is 1. The topological polar surface area (TPSA) is 64.2 Å². The van der Waals surface area contributed by atoms with Crippen LogP contribution in [0.25, 0.3) is 5.69 Å². The second kappa shape index (κ2) is 6.06. The van der Waals surface area contributed by atoms with E-state index in [1.165, 1.54) is 0 Å². The van der Waals surface area contributed by atoms with Crippen molar-refractivity contribution < 1.29 is 4.79 Å². The van der Waals surface area contributed by atoms with Gasteiger partial charge < -0.3 is 10.6 Å². The van der Waals surface area contributed by atoms with Crippen molar-refractivity contribution >= 4 is 5.91 Å². The van der Waals surface area contributed by atoms with E-state index in [0.29, 0.717) is 18.7 Å². The van der Waals surface area contributed by atoms with E-state index in [1.807, 2.05) is 53.8 Å². The number of amides is 1. The van der Waals surface area contributed by atoms with Crippen LogP contribution in [0.1, 0.15) is 42.0 Å². The van der Waals surface area contributed by atoms with E-state index in [0.717, 1.165) is 23.5 Å². The van der Waals surface area contributed by atoms with Gasteiger partial charge in [0.1, 0.15) is 0 Å². The number of rotatable bonds is 2. The number of hydrogen-bond acceptors (Lipinski definition) is 3. The summed E-state index contributed by atoms with van der Waals surface area (Å²) >= 11 is 0. The minimum absolute atomic E-state index is 0.0622. The third kappa shape index (κ3) is 2.84. The van der Waals surface area contributed by atoms with Gasteiger partial charge in [0.25, 0.3) is 5.91 Å². The highest BCUT2D eigenvalue weighted by atomic mass is 16.2. The van der Waals surface area contributed by atoms with E-state index < -0.39 is 0 Å². The van der Waals surface area contributed by atoms with Crippen molar-refractivity contribution in [3.05, 3.63) is 47.3 Å². The number of aryl methyl sites for hydroxylation is 1. The van der Waals surface area contributed by atoms with Crippen LogP contribution < -0.4 is 5.73 Å². The van der Waals surface area contributed by atoms with E-state index >= 15 is 0 Å². The summed E-state index contributed by atoms with van der Waals surface area (Å²) in [5.41, 5.74) is 9.48. The SMILES string of the molecule is Cc1nn(-c2ccccc2)c(C)c1C(=O)N1CCC(N)C(C)(C)C1. The maximum Gasteiger partial charge on any atom is 0.257 e. The molecule has 2 heterocycles. The Morgan fingerprint density at radius 1 is 1.25 bits per heavy atom. The summed E-state index contributed by atoms with van der Waals surface area (Å²) in [5.74, 6) is 0.0622. The van der Waals surface area contributed by atoms with Gasteiger partial charge in [-0.1, -0.05) is 32.0 Å². The molecule has 24 heavy (non-hydrogen) atoms. The molecular formula is C19H26N4O. The van der Waals surface area contributed by atoms with Gasteiger partial charge in [-0.2, -0.15) is 5.10 Å². The number of aromatic nitrogens is 2. The van der Waals surface area contributed by atoms with Crippen molar-refractivity contribution in [2.24, 2.45) is 11.1 Å². The monoisotopic (exact) mass is 326 g/mol. The van der Waals surface area contributed by atoms with Gasteiger partial charge in [0.2, 0.25) is 0 Å². The molecule has 1 fully saturated rings. The lowest BCUT2D eigenvalue weighted by atomic mass is 9.79. The average Bonchev–Trinajstić information content (AvgIpc) is 2.85. The number of hydrogen-bond donors (Lipinski definition) is 1. The van der Waals surface area contributed by atoms with E-state index in [1.54, 1.807) is 0 Å². The van der Waals surface area contributed by atoms with Crippen LogP contribution in [0, 0.1) is 19.3 Å². The number of likely N-dealkylation sites (tertiary alicyclic amines) is 1. The van der Waals surface area contributed by atoms with Crippen molar-refractivity contribution in [3.63, 3.8) is 0 Å². The number of nitrogens with zero attached hydrogens (tertiary/aromatic N) is 3. The molecule has 1 atom stereocenters. The zero-order valence-corrected chi connectivity index (χ0v) is 14.9. The minimum Gasteiger partial charge on any atom is -0.338 e. The second-order valence-corrected chi connectivity index (χ2v) is 7.40. The molecule has 1 aromatic carbocycles. The van der Waals surface area contributed by atoms with Crippen LogP contribution in [0.5, 0.6) is 0 Å². The van der Waals surface area contributed by atoms with Gasteiger partial charge in [0.05, 0.1) is 22.6 Å². The predicted molar refractivity (Wildman–Crippen MR) is 95.3 cm³/mol. The fourth-order valence-corrected chi connectivity index (χ4v) is 3.48. The van der Waals surface area contributed by atoms with Gasteiger partial charge in [0.15, 0.2) is 0 Å². The first kappa shape index (κ1) is 16.7. The Bertz CT molecular complexity index is 748. The smallest absolute Gasteiger partial charge is 0.257 e. The van der Waals surface area contributed by atoms with Crippen LogP contribution in [0.3, 0.4) is 0 Å². The maximum atomic E-state index is 13.1. The van der Waals surface area contributed by atoms with Crippen LogP contribution in [0.4, 0.5) is 0 Å². The normalized spacial score (nSPS) is 20.2. The molecule has 2 N–H and O–H groups in total. The van der Waals surface area contributed by atoms with Crippen molar-refractivity contribution in [3.8, 4) is 5.69 Å². The molecule has 5 heteroatoms. The van der Waals surface area contributed by atoms with Gasteiger partial charge >= 0.3 is 0 Å². The fourth-order valence-electron chi connectivity index (χ4n) is 3.48. The summed E-state index contributed by atoms with van der Waals surface area (Å²) in [7, 11) is 0. The van der Waals surface area contributed by atoms with E-state index in [9.17, 15) is 4.79 Å². The molecule has 1 unspecified atom stereocenters. The molecule has 1 aromatic heterocycles. The number of carbonyl (C=O) groups is 1. The highest BCUT2D eigenvalue weighted by molar-refractivity contribution is 5.96. The zero-order valence-electron chi connectivity index (χ0n) is 14.9. The van der Waals surface area contributed by atoms with Crippen LogP contribution in [-0.2, 0) is 0 Å². The number of para-hydroxylation sites is 1. The van der Waals surface area contributed by atoms with Gasteiger partial charge in [-0.25, -0.2) is 4.68 Å². The van der Waals surface area contributed by atoms with Crippen LogP contribution in [0.15, 0.2) is 30.3 Å². The van der Waals surface area contributed by atoms with Gasteiger partial charge in [0, 0.05) is 19.1 Å². The first-order valence-electron chi connectivity index (χ1n) is 8.48. The van der Waals surface area contributed by atoms with Gasteiger partial charge in [-0.05, 0) is 37.8 Å².